The van der Waals surface area contributed by atoms with Gasteiger partial charge in [0, 0.05) is 13.1 Å². The Morgan fingerprint density at radius 3 is 2.82 bits per heavy atom. The third-order valence-electron chi connectivity index (χ3n) is 2.09. The van der Waals surface area contributed by atoms with Crippen molar-refractivity contribution in [3.05, 3.63) is 12.0 Å². The number of nitrogens with two attached hydrogens (primary N) is 1. The third-order valence-corrected chi connectivity index (χ3v) is 2.09. The van der Waals surface area contributed by atoms with Crippen LogP contribution in [0.5, 0.6) is 0 Å². The Morgan fingerprint density at radius 1 is 1.59 bits per heavy atom. The van der Waals surface area contributed by atoms with E-state index in [1.807, 2.05) is 6.92 Å². The molecule has 0 aliphatic carbocycles. The number of primary amides is 1. The summed E-state index contributed by atoms with van der Waals surface area (Å²) in [5, 5.41) is 2.88. The smallest absolute Gasteiger partial charge is 0.237 e. The van der Waals surface area contributed by atoms with E-state index in [0.29, 0.717) is 19.0 Å². The van der Waals surface area contributed by atoms with Crippen molar-refractivity contribution in [2.24, 2.45) is 5.73 Å². The first-order valence-corrected chi connectivity index (χ1v) is 5.38. The molecule has 0 unspecified atom stereocenters. The molecule has 1 amide bonds. The number of nitrogens with one attached hydrogen (secondary N) is 1. The molecule has 0 saturated heterocycles. The van der Waals surface area contributed by atoms with E-state index in [4.69, 9.17) is 5.73 Å². The van der Waals surface area contributed by atoms with Crippen LogP contribution in [0.25, 0.3) is 0 Å². The van der Waals surface area contributed by atoms with E-state index < -0.39 is 11.7 Å². The molecule has 0 saturated carbocycles. The molecule has 7 heteroatoms. The predicted molar refractivity (Wildman–Crippen MR) is 63.2 cm³/mol. The first kappa shape index (κ1) is 13.1. The minimum absolute atomic E-state index is 0.0734. The summed E-state index contributed by atoms with van der Waals surface area (Å²) in [6, 6.07) is 0. The molecule has 0 aromatic carbocycles. The Labute approximate surface area is 99.0 Å². The van der Waals surface area contributed by atoms with Crippen molar-refractivity contribution in [2.75, 3.05) is 29.9 Å². The summed E-state index contributed by atoms with van der Waals surface area (Å²) in [6.45, 7) is 4.66. The van der Waals surface area contributed by atoms with Crippen LogP contribution in [0.1, 0.15) is 13.8 Å². The van der Waals surface area contributed by atoms with Crippen molar-refractivity contribution in [1.82, 2.24) is 9.97 Å². The molecule has 1 rings (SSSR count). The number of likely N-dealkylation sites (N-methyl/N-ethyl adjacent to an activating group) is 1. The number of hydrogen-bond acceptors (Lipinski definition) is 5. The molecule has 6 nitrogen and oxygen atoms in total. The van der Waals surface area contributed by atoms with Crippen molar-refractivity contribution < 1.29 is 9.18 Å². The molecule has 0 aliphatic heterocycles. The van der Waals surface area contributed by atoms with Gasteiger partial charge in [-0.3, -0.25) is 4.79 Å². The van der Waals surface area contributed by atoms with Gasteiger partial charge in [0.05, 0.1) is 12.7 Å². The highest BCUT2D eigenvalue weighted by atomic mass is 19.1. The minimum Gasteiger partial charge on any atom is -0.368 e. The van der Waals surface area contributed by atoms with Crippen LogP contribution in [-0.2, 0) is 4.79 Å². The van der Waals surface area contributed by atoms with Crippen LogP contribution in [0.15, 0.2) is 6.20 Å². The molecular formula is C10H16FN5O. The fourth-order valence-electron chi connectivity index (χ4n) is 1.35. The van der Waals surface area contributed by atoms with E-state index in [9.17, 15) is 9.18 Å². The molecule has 1 aromatic heterocycles. The van der Waals surface area contributed by atoms with Crippen molar-refractivity contribution in [2.45, 2.75) is 13.8 Å². The zero-order chi connectivity index (χ0) is 12.8. The van der Waals surface area contributed by atoms with Crippen LogP contribution in [0.2, 0.25) is 0 Å². The zero-order valence-electron chi connectivity index (χ0n) is 9.90. The fraction of sp³-hybridized carbons (Fsp3) is 0.500. The first-order chi connectivity index (χ1) is 8.08. The van der Waals surface area contributed by atoms with E-state index in [2.05, 4.69) is 15.3 Å². The lowest BCUT2D eigenvalue weighted by atomic mass is 10.4. The van der Waals surface area contributed by atoms with Gasteiger partial charge in [-0.05, 0) is 13.8 Å². The first-order valence-electron chi connectivity index (χ1n) is 5.38. The molecule has 0 spiro atoms. The Kier molecular flexibility index (Phi) is 4.62. The van der Waals surface area contributed by atoms with E-state index in [1.165, 1.54) is 4.90 Å². The monoisotopic (exact) mass is 241 g/mol. The lowest BCUT2D eigenvalue weighted by Gasteiger charge is -2.20. The van der Waals surface area contributed by atoms with Crippen LogP contribution in [0, 0.1) is 5.82 Å². The second kappa shape index (κ2) is 5.97. The number of carbonyl (C=O) groups is 1. The molecule has 0 fully saturated rings. The highest BCUT2D eigenvalue weighted by Gasteiger charge is 2.15. The van der Waals surface area contributed by atoms with Gasteiger partial charge in [-0.25, -0.2) is 9.37 Å². The average molecular weight is 241 g/mol. The summed E-state index contributed by atoms with van der Waals surface area (Å²) in [7, 11) is 0. The minimum atomic E-state index is -0.574. The Bertz CT molecular complexity index is 398. The fourth-order valence-corrected chi connectivity index (χ4v) is 1.35. The van der Waals surface area contributed by atoms with Gasteiger partial charge in [-0.15, -0.1) is 0 Å². The topological polar surface area (TPSA) is 84.1 Å². The lowest BCUT2D eigenvalue weighted by Crippen LogP contribution is -2.35. The Balaban J connectivity index is 2.99. The highest BCUT2D eigenvalue weighted by molar-refractivity contribution is 5.79. The Morgan fingerprint density at radius 2 is 2.29 bits per heavy atom. The van der Waals surface area contributed by atoms with Crippen molar-refractivity contribution in [1.29, 1.82) is 0 Å². The summed E-state index contributed by atoms with van der Waals surface area (Å²) in [5.74, 6) is -0.700. The normalized spacial score (nSPS) is 10.1. The molecule has 0 radical (unpaired) electrons. The lowest BCUT2D eigenvalue weighted by molar-refractivity contribution is -0.116. The zero-order valence-corrected chi connectivity index (χ0v) is 9.90. The number of anilines is 2. The maximum absolute atomic E-state index is 13.6. The summed E-state index contributed by atoms with van der Waals surface area (Å²) < 4.78 is 13.6. The number of nitrogens with zero attached hydrogens (tertiary/aromatic N) is 3. The summed E-state index contributed by atoms with van der Waals surface area (Å²) >= 11 is 0. The number of carbonyl (C=O) groups excluding carboxylic acids is 1. The molecule has 3 N–H and O–H groups in total. The van der Waals surface area contributed by atoms with Gasteiger partial charge < -0.3 is 16.0 Å². The van der Waals surface area contributed by atoms with Gasteiger partial charge in [-0.2, -0.15) is 4.98 Å². The molecule has 1 aromatic rings. The van der Waals surface area contributed by atoms with E-state index >= 15 is 0 Å². The summed E-state index contributed by atoms with van der Waals surface area (Å²) in [4.78, 5) is 20.1. The van der Waals surface area contributed by atoms with Gasteiger partial charge in [-0.1, -0.05) is 0 Å². The second-order valence-electron chi connectivity index (χ2n) is 3.38. The molecule has 17 heavy (non-hydrogen) atoms. The summed E-state index contributed by atoms with van der Waals surface area (Å²) in [5.41, 5.74) is 5.09. The number of halogens is 1. The van der Waals surface area contributed by atoms with Gasteiger partial charge in [0.15, 0.2) is 11.6 Å². The van der Waals surface area contributed by atoms with Gasteiger partial charge >= 0.3 is 0 Å². The van der Waals surface area contributed by atoms with Gasteiger partial charge in [0.2, 0.25) is 11.9 Å². The van der Waals surface area contributed by atoms with Crippen molar-refractivity contribution in [3.8, 4) is 0 Å². The standard InChI is InChI=1S/C10H16FN5O/c1-3-13-10-14-5-7(11)9(15-10)16(4-2)6-8(12)17/h5H,3-4,6H2,1-2H3,(H2,12,17)(H,13,14,15). The van der Waals surface area contributed by atoms with Crippen LogP contribution >= 0.6 is 0 Å². The predicted octanol–water partition coefficient (Wildman–Crippen LogP) is 0.359. The molecule has 0 atom stereocenters. The maximum Gasteiger partial charge on any atom is 0.237 e. The number of aromatic nitrogens is 2. The molecule has 94 valence electrons. The van der Waals surface area contributed by atoms with E-state index in [-0.39, 0.29) is 12.4 Å². The van der Waals surface area contributed by atoms with E-state index in [1.54, 1.807) is 6.92 Å². The van der Waals surface area contributed by atoms with Crippen LogP contribution in [0.3, 0.4) is 0 Å². The van der Waals surface area contributed by atoms with E-state index in [0.717, 1.165) is 6.20 Å². The van der Waals surface area contributed by atoms with Gasteiger partial charge in [0.25, 0.3) is 0 Å². The second-order valence-corrected chi connectivity index (χ2v) is 3.38. The van der Waals surface area contributed by atoms with Crippen LogP contribution in [0.4, 0.5) is 16.2 Å². The number of rotatable bonds is 6. The Hall–Kier alpha value is -1.92. The summed E-state index contributed by atoms with van der Waals surface area (Å²) in [6.07, 6.45) is 1.07. The molecule has 0 bridgehead atoms. The number of amides is 1. The van der Waals surface area contributed by atoms with Crippen molar-refractivity contribution in [3.63, 3.8) is 0 Å². The van der Waals surface area contributed by atoms with Crippen molar-refractivity contribution >= 4 is 17.7 Å². The largest absolute Gasteiger partial charge is 0.368 e. The van der Waals surface area contributed by atoms with Gasteiger partial charge in [0.1, 0.15) is 0 Å². The molecular weight excluding hydrogens is 225 g/mol. The van der Waals surface area contributed by atoms with Crippen LogP contribution in [-0.4, -0.2) is 35.5 Å². The maximum atomic E-state index is 13.6. The SMILES string of the molecule is CCNc1ncc(F)c(N(CC)CC(N)=O)n1. The molecule has 1 heterocycles. The highest BCUT2D eigenvalue weighted by Crippen LogP contribution is 2.16. The number of hydrogen-bond donors (Lipinski definition) is 2. The average Bonchev–Trinajstić information content (AvgIpc) is 2.29. The quantitative estimate of drug-likeness (QED) is 0.751. The van der Waals surface area contributed by atoms with Crippen LogP contribution < -0.4 is 16.0 Å². The third kappa shape index (κ3) is 3.54. The molecule has 0 aliphatic rings.